The molecule has 0 fully saturated rings. The van der Waals surface area contributed by atoms with E-state index < -0.39 is 0 Å². The Morgan fingerprint density at radius 1 is 1.47 bits per heavy atom. The van der Waals surface area contributed by atoms with Crippen LogP contribution in [0.3, 0.4) is 0 Å². The Bertz CT molecular complexity index is 556. The van der Waals surface area contributed by atoms with Gasteiger partial charge in [0.1, 0.15) is 0 Å². The Balaban J connectivity index is 2.19. The lowest BCUT2D eigenvalue weighted by atomic mass is 10.2. The highest BCUT2D eigenvalue weighted by molar-refractivity contribution is 6.20. The lowest BCUT2D eigenvalue weighted by Gasteiger charge is -2.07. The second kappa shape index (κ2) is 6.06. The number of hydrogen-bond donors (Lipinski definition) is 0. The summed E-state index contributed by atoms with van der Waals surface area (Å²) in [5.41, 5.74) is 1.49. The smallest absolute Gasteiger partial charge is 0.170 e. The molecule has 0 saturated heterocycles. The van der Waals surface area contributed by atoms with Crippen LogP contribution in [0.5, 0.6) is 5.75 Å². The highest BCUT2D eigenvalue weighted by Crippen LogP contribution is 2.24. The van der Waals surface area contributed by atoms with E-state index in [-0.39, 0.29) is 16.9 Å². The zero-order valence-electron chi connectivity index (χ0n) is 10.9. The number of aromatic nitrogens is 2. The van der Waals surface area contributed by atoms with E-state index in [9.17, 15) is 4.39 Å². The number of methoxy groups -OCH3 is 1. The fourth-order valence-corrected chi connectivity index (χ4v) is 1.99. The Morgan fingerprint density at radius 3 is 2.95 bits per heavy atom. The fraction of sp³-hybridized carbons (Fsp3) is 0.357. The monoisotopic (exact) mass is 282 g/mol. The molecule has 1 unspecified atom stereocenters. The minimum atomic E-state index is -0.347. The zero-order chi connectivity index (χ0) is 13.8. The molecule has 0 saturated carbocycles. The van der Waals surface area contributed by atoms with E-state index in [1.54, 1.807) is 29.1 Å². The standard InChI is InChI=1S/C14H16ClFN2O/c1-3-12(15)11-7-17-18(9-11)8-10-5-4-6-13(19-2)14(10)16/h4-7,9,12H,3,8H2,1-2H3. The summed E-state index contributed by atoms with van der Waals surface area (Å²) < 4.78 is 20.6. The van der Waals surface area contributed by atoms with E-state index >= 15 is 0 Å². The van der Waals surface area contributed by atoms with Gasteiger partial charge in [0.2, 0.25) is 0 Å². The lowest BCUT2D eigenvalue weighted by molar-refractivity contribution is 0.383. The van der Waals surface area contributed by atoms with Crippen molar-refractivity contribution >= 4 is 11.6 Å². The molecule has 0 amide bonds. The SMILES string of the molecule is CCC(Cl)c1cnn(Cc2cccc(OC)c2F)c1. The molecule has 0 bridgehead atoms. The molecule has 2 rings (SSSR count). The van der Waals surface area contributed by atoms with Crippen molar-refractivity contribution in [3.63, 3.8) is 0 Å². The van der Waals surface area contributed by atoms with Crippen molar-refractivity contribution in [2.24, 2.45) is 0 Å². The van der Waals surface area contributed by atoms with Gasteiger partial charge in [-0.3, -0.25) is 4.68 Å². The molecule has 0 aliphatic heterocycles. The maximum atomic E-state index is 14.0. The van der Waals surface area contributed by atoms with Crippen LogP contribution in [0.4, 0.5) is 4.39 Å². The van der Waals surface area contributed by atoms with Crippen LogP contribution < -0.4 is 4.74 Å². The highest BCUT2D eigenvalue weighted by atomic mass is 35.5. The minimum absolute atomic E-state index is 0.0519. The van der Waals surface area contributed by atoms with Gasteiger partial charge in [0.15, 0.2) is 11.6 Å². The summed E-state index contributed by atoms with van der Waals surface area (Å²) in [4.78, 5) is 0. The van der Waals surface area contributed by atoms with E-state index in [0.29, 0.717) is 12.1 Å². The molecule has 0 aliphatic rings. The first kappa shape index (κ1) is 13.9. The predicted molar refractivity (Wildman–Crippen MR) is 73.2 cm³/mol. The van der Waals surface area contributed by atoms with Crippen molar-refractivity contribution in [2.75, 3.05) is 7.11 Å². The van der Waals surface area contributed by atoms with Gasteiger partial charge in [0.25, 0.3) is 0 Å². The van der Waals surface area contributed by atoms with E-state index in [0.717, 1.165) is 12.0 Å². The van der Waals surface area contributed by atoms with Crippen molar-refractivity contribution in [3.05, 3.63) is 47.5 Å². The number of alkyl halides is 1. The maximum absolute atomic E-state index is 14.0. The Morgan fingerprint density at radius 2 is 2.26 bits per heavy atom. The van der Waals surface area contributed by atoms with Crippen molar-refractivity contribution in [2.45, 2.75) is 25.3 Å². The summed E-state index contributed by atoms with van der Waals surface area (Å²) in [7, 11) is 1.45. The number of hydrogen-bond acceptors (Lipinski definition) is 2. The van der Waals surface area contributed by atoms with Crippen LogP contribution in [0.1, 0.15) is 29.8 Å². The molecule has 0 aliphatic carbocycles. The van der Waals surface area contributed by atoms with E-state index in [4.69, 9.17) is 16.3 Å². The molecule has 0 N–H and O–H groups in total. The van der Waals surface area contributed by atoms with Crippen LogP contribution in [0, 0.1) is 5.82 Å². The van der Waals surface area contributed by atoms with Gasteiger partial charge >= 0.3 is 0 Å². The molecule has 0 spiro atoms. The predicted octanol–water partition coefficient (Wildman–Crippen LogP) is 3.77. The molecule has 1 aromatic heterocycles. The molecule has 3 nitrogen and oxygen atoms in total. The first-order valence-electron chi connectivity index (χ1n) is 6.13. The van der Waals surface area contributed by atoms with E-state index in [1.807, 2.05) is 13.1 Å². The van der Waals surface area contributed by atoms with Crippen LogP contribution in [0.25, 0.3) is 0 Å². The normalized spacial score (nSPS) is 12.4. The molecule has 5 heteroatoms. The Hall–Kier alpha value is -1.55. The Labute approximate surface area is 117 Å². The third-order valence-corrected chi connectivity index (χ3v) is 3.53. The van der Waals surface area contributed by atoms with E-state index in [2.05, 4.69) is 5.10 Å². The molecule has 2 aromatic rings. The summed E-state index contributed by atoms with van der Waals surface area (Å²) in [5.74, 6) is -0.103. The van der Waals surface area contributed by atoms with Crippen molar-refractivity contribution < 1.29 is 9.13 Å². The maximum Gasteiger partial charge on any atom is 0.170 e. The zero-order valence-corrected chi connectivity index (χ0v) is 11.7. The number of halogens is 2. The third-order valence-electron chi connectivity index (χ3n) is 2.97. The molecule has 1 aromatic carbocycles. The molecule has 0 radical (unpaired) electrons. The van der Waals surface area contributed by atoms with Gasteiger partial charge in [0.05, 0.1) is 25.2 Å². The van der Waals surface area contributed by atoms with Crippen LogP contribution in [0.15, 0.2) is 30.6 Å². The molecule has 19 heavy (non-hydrogen) atoms. The number of nitrogens with zero attached hydrogens (tertiary/aromatic N) is 2. The second-order valence-corrected chi connectivity index (χ2v) is 4.81. The van der Waals surface area contributed by atoms with E-state index in [1.165, 1.54) is 7.11 Å². The topological polar surface area (TPSA) is 27.1 Å². The van der Waals surface area contributed by atoms with Gasteiger partial charge in [-0.05, 0) is 12.5 Å². The van der Waals surface area contributed by atoms with Crippen LogP contribution in [0.2, 0.25) is 0 Å². The summed E-state index contributed by atoms with van der Waals surface area (Å²) >= 11 is 6.14. The minimum Gasteiger partial charge on any atom is -0.494 e. The largest absolute Gasteiger partial charge is 0.494 e. The lowest BCUT2D eigenvalue weighted by Crippen LogP contribution is -2.03. The summed E-state index contributed by atoms with van der Waals surface area (Å²) in [5, 5.41) is 4.15. The van der Waals surface area contributed by atoms with Gasteiger partial charge in [-0.1, -0.05) is 19.1 Å². The first-order valence-corrected chi connectivity index (χ1v) is 6.57. The fourth-order valence-electron chi connectivity index (χ4n) is 1.87. The summed E-state index contributed by atoms with van der Waals surface area (Å²) in [6.07, 6.45) is 4.40. The average Bonchev–Trinajstić information content (AvgIpc) is 2.89. The highest BCUT2D eigenvalue weighted by Gasteiger charge is 2.11. The molecule has 102 valence electrons. The first-order chi connectivity index (χ1) is 9.15. The molecular formula is C14H16ClFN2O. The average molecular weight is 283 g/mol. The van der Waals surface area contributed by atoms with Gasteiger partial charge in [0, 0.05) is 17.3 Å². The number of rotatable bonds is 5. The summed E-state index contributed by atoms with van der Waals surface area (Å²) in [6, 6.07) is 5.08. The van der Waals surface area contributed by atoms with Crippen LogP contribution >= 0.6 is 11.6 Å². The van der Waals surface area contributed by atoms with Gasteiger partial charge in [-0.15, -0.1) is 11.6 Å². The van der Waals surface area contributed by atoms with Gasteiger partial charge in [-0.25, -0.2) is 4.39 Å². The molecule has 1 heterocycles. The van der Waals surface area contributed by atoms with Gasteiger partial charge < -0.3 is 4.74 Å². The van der Waals surface area contributed by atoms with Crippen LogP contribution in [-0.4, -0.2) is 16.9 Å². The Kier molecular flexibility index (Phi) is 4.43. The number of ether oxygens (including phenoxy) is 1. The summed E-state index contributed by atoms with van der Waals surface area (Å²) in [6.45, 7) is 2.37. The number of benzene rings is 1. The third kappa shape index (κ3) is 3.07. The molecule has 1 atom stereocenters. The molecular weight excluding hydrogens is 267 g/mol. The quantitative estimate of drug-likeness (QED) is 0.781. The van der Waals surface area contributed by atoms with Crippen molar-refractivity contribution in [3.8, 4) is 5.75 Å². The van der Waals surface area contributed by atoms with Crippen molar-refractivity contribution in [1.29, 1.82) is 0 Å². The van der Waals surface area contributed by atoms with Gasteiger partial charge in [-0.2, -0.15) is 5.10 Å². The van der Waals surface area contributed by atoms with Crippen LogP contribution in [-0.2, 0) is 6.54 Å². The second-order valence-electron chi connectivity index (χ2n) is 4.28. The van der Waals surface area contributed by atoms with Crippen molar-refractivity contribution in [1.82, 2.24) is 9.78 Å².